The SMILES string of the molecule is COc1ccc(C(C)=NN=C2NC(=O)CC(C(=O)Nc3ccc(C(=O)O)cc3)S2)cc1Br. The number of nitrogens with zero attached hydrogens (tertiary/aromatic N) is 2. The highest BCUT2D eigenvalue weighted by Crippen LogP contribution is 2.26. The van der Waals surface area contributed by atoms with Gasteiger partial charge in [-0.25, -0.2) is 4.79 Å². The molecular formula is C21H19BrN4O5S. The monoisotopic (exact) mass is 518 g/mol. The second-order valence-corrected chi connectivity index (χ2v) is 8.72. The van der Waals surface area contributed by atoms with Crippen molar-refractivity contribution in [2.45, 2.75) is 18.6 Å². The second-order valence-electron chi connectivity index (χ2n) is 6.67. The lowest BCUT2D eigenvalue weighted by Gasteiger charge is -2.21. The van der Waals surface area contributed by atoms with Crippen LogP contribution in [0.4, 0.5) is 5.69 Å². The lowest BCUT2D eigenvalue weighted by molar-refractivity contribution is -0.123. The molecule has 1 saturated heterocycles. The van der Waals surface area contributed by atoms with Gasteiger partial charge in [-0.3, -0.25) is 9.59 Å². The molecule has 0 radical (unpaired) electrons. The number of carbonyl (C=O) groups is 3. The average Bonchev–Trinajstić information content (AvgIpc) is 2.77. The molecule has 0 spiro atoms. The number of hydrogen-bond donors (Lipinski definition) is 3. The maximum Gasteiger partial charge on any atom is 0.335 e. The summed E-state index contributed by atoms with van der Waals surface area (Å²) in [6, 6.07) is 11.2. The molecule has 1 fully saturated rings. The lowest BCUT2D eigenvalue weighted by Crippen LogP contribution is -2.41. The summed E-state index contributed by atoms with van der Waals surface area (Å²) in [6.07, 6.45) is -0.0170. The van der Waals surface area contributed by atoms with Gasteiger partial charge in [0, 0.05) is 12.1 Å². The summed E-state index contributed by atoms with van der Waals surface area (Å²) < 4.78 is 5.98. The van der Waals surface area contributed by atoms with Gasteiger partial charge in [-0.2, -0.15) is 5.10 Å². The fourth-order valence-corrected chi connectivity index (χ4v) is 4.20. The highest BCUT2D eigenvalue weighted by Gasteiger charge is 2.30. The summed E-state index contributed by atoms with van der Waals surface area (Å²) in [5.74, 6) is -1.10. The van der Waals surface area contributed by atoms with Crippen molar-refractivity contribution in [3.8, 4) is 5.75 Å². The van der Waals surface area contributed by atoms with Crippen LogP contribution in [0.25, 0.3) is 0 Å². The van der Waals surface area contributed by atoms with Crippen LogP contribution in [0.2, 0.25) is 0 Å². The highest BCUT2D eigenvalue weighted by atomic mass is 79.9. The van der Waals surface area contributed by atoms with Crippen LogP contribution in [0.15, 0.2) is 57.1 Å². The quantitative estimate of drug-likeness (QED) is 0.396. The third-order valence-corrected chi connectivity index (χ3v) is 6.12. The molecule has 0 aromatic heterocycles. The molecule has 3 N–H and O–H groups in total. The smallest absolute Gasteiger partial charge is 0.335 e. The number of anilines is 1. The van der Waals surface area contributed by atoms with E-state index in [1.54, 1.807) is 20.1 Å². The normalized spacial score (nSPS) is 17.6. The molecule has 1 atom stereocenters. The summed E-state index contributed by atoms with van der Waals surface area (Å²) in [5.41, 5.74) is 1.97. The van der Waals surface area contributed by atoms with Crippen molar-refractivity contribution in [3.63, 3.8) is 0 Å². The number of aromatic carboxylic acids is 1. The van der Waals surface area contributed by atoms with Gasteiger partial charge in [-0.1, -0.05) is 11.8 Å². The zero-order chi connectivity index (χ0) is 23.3. The summed E-state index contributed by atoms with van der Waals surface area (Å²) in [6.45, 7) is 1.78. The number of rotatable bonds is 6. The number of ether oxygens (including phenoxy) is 1. The Morgan fingerprint density at radius 2 is 1.91 bits per heavy atom. The third-order valence-electron chi connectivity index (χ3n) is 4.42. The first-order valence-corrected chi connectivity index (χ1v) is 11.0. The standard InChI is InChI=1S/C21H19BrN4O5S/c1-11(13-5-8-16(31-2)15(22)9-13)25-26-21-24-18(27)10-17(32-21)19(28)23-14-6-3-12(4-7-14)20(29)30/h3-9,17H,10H2,1-2H3,(H,23,28)(H,29,30)(H,24,26,27). The van der Waals surface area contributed by atoms with Crippen LogP contribution < -0.4 is 15.4 Å². The van der Waals surface area contributed by atoms with E-state index in [-0.39, 0.29) is 29.0 Å². The second kappa shape index (κ2) is 10.4. The molecule has 2 aromatic carbocycles. The van der Waals surface area contributed by atoms with E-state index in [0.717, 1.165) is 21.8 Å². The fourth-order valence-electron chi connectivity index (χ4n) is 2.73. The molecule has 1 heterocycles. The number of methoxy groups -OCH3 is 1. The van der Waals surface area contributed by atoms with Crippen LogP contribution in [0.1, 0.15) is 29.3 Å². The summed E-state index contributed by atoms with van der Waals surface area (Å²) in [4.78, 5) is 35.6. The van der Waals surface area contributed by atoms with Gasteiger partial charge in [0.2, 0.25) is 11.8 Å². The number of thioether (sulfide) groups is 1. The Hall–Kier alpha value is -3.18. The molecule has 11 heteroatoms. The number of benzene rings is 2. The van der Waals surface area contributed by atoms with Crippen molar-refractivity contribution in [1.29, 1.82) is 0 Å². The third kappa shape index (κ3) is 5.95. The highest BCUT2D eigenvalue weighted by molar-refractivity contribution is 9.10. The predicted molar refractivity (Wildman–Crippen MR) is 127 cm³/mol. The van der Waals surface area contributed by atoms with Gasteiger partial charge in [-0.05, 0) is 70.9 Å². The van der Waals surface area contributed by atoms with Gasteiger partial charge in [-0.15, -0.1) is 5.10 Å². The van der Waals surface area contributed by atoms with Crippen molar-refractivity contribution in [2.75, 3.05) is 12.4 Å². The Labute approximate surface area is 196 Å². The maximum absolute atomic E-state index is 12.6. The minimum atomic E-state index is -1.05. The molecule has 166 valence electrons. The van der Waals surface area contributed by atoms with Gasteiger partial charge >= 0.3 is 5.97 Å². The van der Waals surface area contributed by atoms with Crippen molar-refractivity contribution in [2.24, 2.45) is 10.2 Å². The van der Waals surface area contributed by atoms with E-state index in [1.165, 1.54) is 24.3 Å². The molecule has 3 rings (SSSR count). The first-order chi connectivity index (χ1) is 15.3. The van der Waals surface area contributed by atoms with Gasteiger partial charge < -0.3 is 20.5 Å². The van der Waals surface area contributed by atoms with E-state index in [0.29, 0.717) is 17.1 Å². The van der Waals surface area contributed by atoms with Gasteiger partial charge in [0.25, 0.3) is 0 Å². The molecule has 2 amide bonds. The van der Waals surface area contributed by atoms with Crippen LogP contribution >= 0.6 is 27.7 Å². The number of carbonyl (C=O) groups excluding carboxylic acids is 2. The van der Waals surface area contributed by atoms with Gasteiger partial charge in [0.15, 0.2) is 5.17 Å². The molecular weight excluding hydrogens is 500 g/mol. The van der Waals surface area contributed by atoms with E-state index in [4.69, 9.17) is 9.84 Å². The van der Waals surface area contributed by atoms with Crippen molar-refractivity contribution in [1.82, 2.24) is 5.32 Å². The van der Waals surface area contributed by atoms with Crippen molar-refractivity contribution >= 4 is 62.0 Å². The molecule has 0 aliphatic carbocycles. The molecule has 9 nitrogen and oxygen atoms in total. The zero-order valence-electron chi connectivity index (χ0n) is 17.1. The Morgan fingerprint density at radius 3 is 2.53 bits per heavy atom. The van der Waals surface area contributed by atoms with Crippen LogP contribution in [0, 0.1) is 0 Å². The number of halogens is 1. The van der Waals surface area contributed by atoms with Gasteiger partial charge in [0.05, 0.1) is 22.9 Å². The van der Waals surface area contributed by atoms with Crippen LogP contribution in [0.3, 0.4) is 0 Å². The van der Waals surface area contributed by atoms with Crippen LogP contribution in [0.5, 0.6) is 5.75 Å². The van der Waals surface area contributed by atoms with Crippen molar-refractivity contribution in [3.05, 3.63) is 58.1 Å². The van der Waals surface area contributed by atoms with E-state index in [1.807, 2.05) is 12.1 Å². The Kier molecular flexibility index (Phi) is 7.65. The van der Waals surface area contributed by atoms with E-state index in [2.05, 4.69) is 36.8 Å². The number of carboxylic acid groups (broad SMARTS) is 1. The number of hydrogen-bond acceptors (Lipinski definition) is 7. The molecule has 0 saturated carbocycles. The Balaban J connectivity index is 1.69. The summed E-state index contributed by atoms with van der Waals surface area (Å²) >= 11 is 4.52. The molecule has 1 unspecified atom stereocenters. The fraction of sp³-hybridized carbons (Fsp3) is 0.190. The maximum atomic E-state index is 12.6. The molecule has 1 aliphatic heterocycles. The van der Waals surface area contributed by atoms with Crippen molar-refractivity contribution < 1.29 is 24.2 Å². The van der Waals surface area contributed by atoms with E-state index < -0.39 is 11.2 Å². The number of carboxylic acids is 1. The molecule has 1 aliphatic rings. The number of amidine groups is 1. The Morgan fingerprint density at radius 1 is 1.22 bits per heavy atom. The number of amides is 2. The molecule has 32 heavy (non-hydrogen) atoms. The van der Waals surface area contributed by atoms with E-state index in [9.17, 15) is 14.4 Å². The summed E-state index contributed by atoms with van der Waals surface area (Å²) in [7, 11) is 1.58. The largest absolute Gasteiger partial charge is 0.496 e. The summed E-state index contributed by atoms with van der Waals surface area (Å²) in [5, 5.41) is 22.0. The average molecular weight is 519 g/mol. The zero-order valence-corrected chi connectivity index (χ0v) is 19.5. The lowest BCUT2D eigenvalue weighted by atomic mass is 10.1. The van der Waals surface area contributed by atoms with E-state index >= 15 is 0 Å². The predicted octanol–water partition coefficient (Wildman–Crippen LogP) is 3.50. The first-order valence-electron chi connectivity index (χ1n) is 9.33. The van der Waals surface area contributed by atoms with Crippen LogP contribution in [-0.4, -0.2) is 46.1 Å². The number of nitrogens with one attached hydrogen (secondary N) is 2. The Bertz CT molecular complexity index is 1120. The topological polar surface area (TPSA) is 129 Å². The molecule has 0 bridgehead atoms. The van der Waals surface area contributed by atoms with Crippen LogP contribution in [-0.2, 0) is 9.59 Å². The minimum absolute atomic E-state index is 0.0170. The molecule has 2 aromatic rings. The van der Waals surface area contributed by atoms with Gasteiger partial charge in [0.1, 0.15) is 11.0 Å². The first kappa shape index (κ1) is 23.5. The minimum Gasteiger partial charge on any atom is -0.496 e.